The number of aliphatic hydroxyl groups excluding tert-OH is 1. The van der Waals surface area contributed by atoms with E-state index in [1.807, 2.05) is 24.3 Å². The van der Waals surface area contributed by atoms with Crippen molar-refractivity contribution in [3.05, 3.63) is 43.0 Å². The third-order valence-corrected chi connectivity index (χ3v) is 6.62. The van der Waals surface area contributed by atoms with Crippen LogP contribution in [0.2, 0.25) is 0 Å². The molecular formula is C14H12Br2O3S. The normalized spacial score (nSPS) is 21.2. The van der Waals surface area contributed by atoms with Gasteiger partial charge in [0.15, 0.2) is 0 Å². The Morgan fingerprint density at radius 1 is 1.35 bits per heavy atom. The largest absolute Gasteiger partial charge is 0.497 e. The van der Waals surface area contributed by atoms with Crippen molar-refractivity contribution in [3.8, 4) is 11.5 Å². The highest BCUT2D eigenvalue weighted by Gasteiger charge is 2.29. The molecule has 0 fully saturated rings. The summed E-state index contributed by atoms with van der Waals surface area (Å²) in [6.45, 7) is 0. The molecule has 20 heavy (non-hydrogen) atoms. The molecule has 106 valence electrons. The zero-order valence-corrected chi connectivity index (χ0v) is 14.6. The first-order valence-corrected chi connectivity index (χ1v) is 8.46. The second-order valence-corrected chi connectivity index (χ2v) is 7.79. The minimum atomic E-state index is -0.519. The number of fused-ring (bicyclic) bond motifs is 1. The van der Waals surface area contributed by atoms with E-state index in [2.05, 4.69) is 31.9 Å². The summed E-state index contributed by atoms with van der Waals surface area (Å²) in [5.41, 5.74) is 0.816. The van der Waals surface area contributed by atoms with Crippen LogP contribution >= 0.6 is 43.2 Å². The monoisotopic (exact) mass is 418 g/mol. The molecule has 0 radical (unpaired) electrons. The average Bonchev–Trinajstić information content (AvgIpc) is 2.78. The molecule has 6 heteroatoms. The Balaban J connectivity index is 1.94. The van der Waals surface area contributed by atoms with Crippen LogP contribution in [0.5, 0.6) is 11.5 Å². The van der Waals surface area contributed by atoms with Crippen molar-refractivity contribution < 1.29 is 14.6 Å². The van der Waals surface area contributed by atoms with Gasteiger partial charge in [-0.25, -0.2) is 0 Å². The summed E-state index contributed by atoms with van der Waals surface area (Å²) in [6, 6.07) is 7.54. The highest BCUT2D eigenvalue weighted by molar-refractivity contribution is 9.13. The molecule has 1 aromatic carbocycles. The first-order chi connectivity index (χ1) is 9.58. The summed E-state index contributed by atoms with van der Waals surface area (Å²) in [7, 11) is 1.62. The molecule has 3 rings (SSSR count). The molecule has 0 saturated carbocycles. The van der Waals surface area contributed by atoms with Gasteiger partial charge in [0.25, 0.3) is 0 Å². The van der Waals surface area contributed by atoms with Crippen molar-refractivity contribution in [2.24, 2.45) is 0 Å². The van der Waals surface area contributed by atoms with E-state index in [-0.39, 0.29) is 6.10 Å². The first kappa shape index (κ1) is 14.4. The van der Waals surface area contributed by atoms with Gasteiger partial charge in [0.05, 0.1) is 17.0 Å². The molecule has 1 unspecified atom stereocenters. The Labute approximate surface area is 137 Å². The van der Waals surface area contributed by atoms with Crippen LogP contribution in [0.1, 0.15) is 29.1 Å². The van der Waals surface area contributed by atoms with Crippen LogP contribution in [-0.4, -0.2) is 12.2 Å². The molecule has 0 saturated heterocycles. The zero-order chi connectivity index (χ0) is 14.3. The maximum Gasteiger partial charge on any atom is 0.136 e. The third kappa shape index (κ3) is 2.62. The van der Waals surface area contributed by atoms with Crippen molar-refractivity contribution >= 4 is 43.2 Å². The van der Waals surface area contributed by atoms with Crippen LogP contribution in [0.25, 0.3) is 0 Å². The van der Waals surface area contributed by atoms with E-state index in [9.17, 15) is 5.11 Å². The minimum Gasteiger partial charge on any atom is -0.497 e. The summed E-state index contributed by atoms with van der Waals surface area (Å²) < 4.78 is 13.3. The van der Waals surface area contributed by atoms with Gasteiger partial charge in [0.1, 0.15) is 17.6 Å². The molecule has 1 aliphatic rings. The van der Waals surface area contributed by atoms with Gasteiger partial charge in [-0.15, -0.1) is 11.3 Å². The lowest BCUT2D eigenvalue weighted by Crippen LogP contribution is -2.18. The molecule has 0 spiro atoms. The standard InChI is InChI=1S/C14H12Br2O3S/c1-18-7-2-3-8-10(17)6-12(19-11(8)4-7)13-5-9(15)14(16)20-13/h2-5,10,12,17H,6H2,1H3/t10-,12?/m1/s1. The summed E-state index contributed by atoms with van der Waals surface area (Å²) in [5.74, 6) is 1.42. The van der Waals surface area contributed by atoms with Crippen molar-refractivity contribution in [2.45, 2.75) is 18.6 Å². The lowest BCUT2D eigenvalue weighted by molar-refractivity contribution is 0.0671. The van der Waals surface area contributed by atoms with Crippen molar-refractivity contribution in [3.63, 3.8) is 0 Å². The summed E-state index contributed by atoms with van der Waals surface area (Å²) in [6.07, 6.45) is -0.106. The topological polar surface area (TPSA) is 38.7 Å². The number of hydrogen-bond donors (Lipinski definition) is 1. The van der Waals surface area contributed by atoms with E-state index in [0.717, 1.165) is 24.4 Å². The van der Waals surface area contributed by atoms with Crippen LogP contribution in [0.4, 0.5) is 0 Å². The van der Waals surface area contributed by atoms with Gasteiger partial charge in [-0.1, -0.05) is 0 Å². The van der Waals surface area contributed by atoms with Crippen LogP contribution in [0.15, 0.2) is 32.5 Å². The number of aliphatic hydroxyl groups is 1. The molecule has 0 amide bonds. The van der Waals surface area contributed by atoms with Crippen LogP contribution in [0, 0.1) is 0 Å². The SMILES string of the molecule is COc1ccc2c(c1)OC(c1cc(Br)c(Br)s1)C[C@H]2O. The lowest BCUT2D eigenvalue weighted by atomic mass is 9.98. The van der Waals surface area contributed by atoms with Gasteiger partial charge >= 0.3 is 0 Å². The Bertz CT molecular complexity index is 622. The smallest absolute Gasteiger partial charge is 0.136 e. The molecular weight excluding hydrogens is 408 g/mol. The molecule has 2 atom stereocenters. The second kappa shape index (κ2) is 5.67. The summed E-state index contributed by atoms with van der Waals surface area (Å²) in [5, 5.41) is 10.3. The van der Waals surface area contributed by atoms with Crippen LogP contribution in [-0.2, 0) is 0 Å². The lowest BCUT2D eigenvalue weighted by Gasteiger charge is -2.29. The second-order valence-electron chi connectivity index (χ2n) is 4.53. The highest BCUT2D eigenvalue weighted by Crippen LogP contribution is 2.45. The van der Waals surface area contributed by atoms with Gasteiger partial charge < -0.3 is 14.6 Å². The molecule has 2 aromatic rings. The van der Waals surface area contributed by atoms with Crippen molar-refractivity contribution in [1.82, 2.24) is 0 Å². The van der Waals surface area contributed by atoms with Gasteiger partial charge in [-0.2, -0.15) is 0 Å². The van der Waals surface area contributed by atoms with Crippen molar-refractivity contribution in [1.29, 1.82) is 0 Å². The summed E-state index contributed by atoms with van der Waals surface area (Å²) >= 11 is 8.57. The van der Waals surface area contributed by atoms with Gasteiger partial charge in [0, 0.05) is 27.4 Å². The van der Waals surface area contributed by atoms with Gasteiger partial charge in [0.2, 0.25) is 0 Å². The number of benzene rings is 1. The van der Waals surface area contributed by atoms with E-state index in [1.54, 1.807) is 18.4 Å². The molecule has 1 aliphatic heterocycles. The van der Waals surface area contributed by atoms with E-state index in [0.29, 0.717) is 12.2 Å². The van der Waals surface area contributed by atoms with Crippen LogP contribution in [0.3, 0.4) is 0 Å². The number of ether oxygens (including phenoxy) is 2. The van der Waals surface area contributed by atoms with Gasteiger partial charge in [-0.3, -0.25) is 0 Å². The summed E-state index contributed by atoms with van der Waals surface area (Å²) in [4.78, 5) is 1.08. The average molecular weight is 420 g/mol. The fourth-order valence-electron chi connectivity index (χ4n) is 2.25. The van der Waals surface area contributed by atoms with E-state index in [4.69, 9.17) is 9.47 Å². The maximum atomic E-state index is 10.3. The predicted molar refractivity (Wildman–Crippen MR) is 85.7 cm³/mol. The van der Waals surface area contributed by atoms with E-state index >= 15 is 0 Å². The van der Waals surface area contributed by atoms with E-state index < -0.39 is 6.10 Å². The minimum absolute atomic E-state index is 0.141. The quantitative estimate of drug-likeness (QED) is 0.756. The van der Waals surface area contributed by atoms with Crippen molar-refractivity contribution in [2.75, 3.05) is 7.11 Å². The molecule has 0 bridgehead atoms. The van der Waals surface area contributed by atoms with Crippen LogP contribution < -0.4 is 9.47 Å². The number of thiophene rings is 1. The fraction of sp³-hybridized carbons (Fsp3) is 0.286. The van der Waals surface area contributed by atoms with E-state index in [1.165, 1.54) is 0 Å². The number of methoxy groups -OCH3 is 1. The maximum absolute atomic E-state index is 10.3. The Kier molecular flexibility index (Phi) is 4.08. The number of halogens is 2. The number of hydrogen-bond acceptors (Lipinski definition) is 4. The molecule has 1 aromatic heterocycles. The molecule has 2 heterocycles. The zero-order valence-electron chi connectivity index (χ0n) is 10.6. The Morgan fingerprint density at radius 2 is 2.15 bits per heavy atom. The highest BCUT2D eigenvalue weighted by atomic mass is 79.9. The first-order valence-electron chi connectivity index (χ1n) is 6.06. The Hall–Kier alpha value is -0.560. The number of rotatable bonds is 2. The van der Waals surface area contributed by atoms with Gasteiger partial charge in [-0.05, 0) is 50.1 Å². The fourth-order valence-corrected chi connectivity index (χ4v) is 4.38. The third-order valence-electron chi connectivity index (χ3n) is 3.27. The Morgan fingerprint density at radius 3 is 2.80 bits per heavy atom. The molecule has 3 nitrogen and oxygen atoms in total. The molecule has 1 N–H and O–H groups in total. The predicted octanol–water partition coefficient (Wildman–Crippen LogP) is 4.84. The molecule has 0 aliphatic carbocycles.